The number of nitrogens with zero attached hydrogens (tertiary/aromatic N) is 2. The third-order valence-electron chi connectivity index (χ3n) is 3.95. The Labute approximate surface area is 119 Å². The van der Waals surface area contributed by atoms with Crippen molar-refractivity contribution in [1.82, 2.24) is 5.06 Å². The Morgan fingerprint density at radius 2 is 1.55 bits per heavy atom. The zero-order chi connectivity index (χ0) is 14.0. The van der Waals surface area contributed by atoms with Crippen LogP contribution >= 0.6 is 0 Å². The van der Waals surface area contributed by atoms with Crippen LogP contribution in [0.5, 0.6) is 0 Å². The van der Waals surface area contributed by atoms with Gasteiger partial charge in [0, 0.05) is 13.5 Å². The molecule has 1 fully saturated rings. The molecule has 0 saturated carbocycles. The van der Waals surface area contributed by atoms with E-state index in [0.29, 0.717) is 6.42 Å². The van der Waals surface area contributed by atoms with Gasteiger partial charge in [-0.25, -0.2) is 0 Å². The molecule has 1 saturated heterocycles. The Morgan fingerprint density at radius 1 is 1.05 bits per heavy atom. The number of hydrogen-bond acceptors (Lipinski definition) is 3. The fraction of sp³-hybridized carbons (Fsp3) is 0.235. The van der Waals surface area contributed by atoms with E-state index in [2.05, 4.69) is 30.3 Å². The molecular formula is C17H16N2O. The van der Waals surface area contributed by atoms with Crippen LogP contribution in [0.4, 0.5) is 0 Å². The molecule has 0 bridgehead atoms. The minimum atomic E-state index is -0.416. The smallest absolute Gasteiger partial charge is 0.168 e. The molecule has 0 aromatic heterocycles. The Morgan fingerprint density at radius 3 is 1.95 bits per heavy atom. The van der Waals surface area contributed by atoms with Crippen LogP contribution in [0.25, 0.3) is 0 Å². The van der Waals surface area contributed by atoms with Gasteiger partial charge in [0.1, 0.15) is 0 Å². The fourth-order valence-corrected chi connectivity index (χ4v) is 2.98. The lowest BCUT2D eigenvalue weighted by Gasteiger charge is -2.35. The van der Waals surface area contributed by atoms with Crippen molar-refractivity contribution in [3.63, 3.8) is 0 Å². The number of hydroxylamine groups is 2. The molecule has 100 valence electrons. The van der Waals surface area contributed by atoms with Gasteiger partial charge in [-0.05, 0) is 11.1 Å². The standard InChI is InChI=1S/C17H16N2O/c1-19-17(12-16(13-18)20-19,14-8-4-2-5-9-14)15-10-6-3-7-11-15/h2-11,16H,12H2,1H3. The lowest BCUT2D eigenvalue weighted by atomic mass is 9.79. The zero-order valence-corrected chi connectivity index (χ0v) is 11.4. The maximum absolute atomic E-state index is 9.21. The number of hydrogen-bond donors (Lipinski definition) is 0. The van der Waals surface area contributed by atoms with E-state index in [1.54, 1.807) is 0 Å². The predicted octanol–water partition coefficient (Wildman–Crippen LogP) is 3.09. The first-order valence-corrected chi connectivity index (χ1v) is 6.68. The second kappa shape index (κ2) is 5.09. The summed E-state index contributed by atoms with van der Waals surface area (Å²) >= 11 is 0. The van der Waals surface area contributed by atoms with Gasteiger partial charge in [-0.1, -0.05) is 60.7 Å². The Kier molecular flexibility index (Phi) is 3.27. The van der Waals surface area contributed by atoms with Gasteiger partial charge in [0.2, 0.25) is 0 Å². The molecule has 2 aromatic rings. The van der Waals surface area contributed by atoms with Crippen molar-refractivity contribution in [2.45, 2.75) is 18.1 Å². The SMILES string of the molecule is CN1OC(C#N)CC1(c1ccccc1)c1ccccc1. The molecule has 20 heavy (non-hydrogen) atoms. The average molecular weight is 264 g/mol. The normalized spacial score (nSPS) is 21.5. The summed E-state index contributed by atoms with van der Waals surface area (Å²) in [7, 11) is 1.90. The van der Waals surface area contributed by atoms with Crippen molar-refractivity contribution in [3.8, 4) is 6.07 Å². The summed E-state index contributed by atoms with van der Waals surface area (Å²) in [5, 5.41) is 11.0. The first-order chi connectivity index (χ1) is 9.77. The van der Waals surface area contributed by atoms with E-state index < -0.39 is 11.6 Å². The highest BCUT2D eigenvalue weighted by atomic mass is 16.7. The van der Waals surface area contributed by atoms with Gasteiger partial charge in [0.25, 0.3) is 0 Å². The summed E-state index contributed by atoms with van der Waals surface area (Å²) < 4.78 is 0. The van der Waals surface area contributed by atoms with E-state index in [4.69, 9.17) is 4.84 Å². The highest BCUT2D eigenvalue weighted by Gasteiger charge is 2.48. The van der Waals surface area contributed by atoms with E-state index in [-0.39, 0.29) is 0 Å². The molecule has 0 radical (unpaired) electrons. The molecule has 0 N–H and O–H groups in total. The highest BCUT2D eigenvalue weighted by molar-refractivity contribution is 5.39. The molecule has 1 aliphatic heterocycles. The molecule has 2 aromatic carbocycles. The van der Waals surface area contributed by atoms with E-state index in [1.807, 2.05) is 48.5 Å². The van der Waals surface area contributed by atoms with Crippen LogP contribution in [0.1, 0.15) is 17.5 Å². The largest absolute Gasteiger partial charge is 0.279 e. The van der Waals surface area contributed by atoms with E-state index in [0.717, 1.165) is 11.1 Å². The van der Waals surface area contributed by atoms with Gasteiger partial charge >= 0.3 is 0 Å². The Bertz CT molecular complexity index is 579. The highest BCUT2D eigenvalue weighted by Crippen LogP contribution is 2.44. The van der Waals surface area contributed by atoms with Crippen molar-refractivity contribution >= 4 is 0 Å². The lowest BCUT2D eigenvalue weighted by molar-refractivity contribution is -0.149. The molecule has 0 amide bonds. The van der Waals surface area contributed by atoms with Crippen LogP contribution in [0, 0.1) is 11.3 Å². The van der Waals surface area contributed by atoms with Crippen LogP contribution in [0.2, 0.25) is 0 Å². The zero-order valence-electron chi connectivity index (χ0n) is 11.4. The molecule has 1 aliphatic rings. The molecule has 3 nitrogen and oxygen atoms in total. The molecule has 1 atom stereocenters. The van der Waals surface area contributed by atoms with Gasteiger partial charge in [-0.2, -0.15) is 10.3 Å². The second-order valence-corrected chi connectivity index (χ2v) is 5.02. The first kappa shape index (κ1) is 12.9. The monoisotopic (exact) mass is 264 g/mol. The van der Waals surface area contributed by atoms with E-state index in [1.165, 1.54) is 0 Å². The molecule has 3 heteroatoms. The minimum Gasteiger partial charge on any atom is -0.279 e. The van der Waals surface area contributed by atoms with Crippen LogP contribution in [0.3, 0.4) is 0 Å². The van der Waals surface area contributed by atoms with Crippen molar-refractivity contribution in [3.05, 3.63) is 71.8 Å². The van der Waals surface area contributed by atoms with Gasteiger partial charge in [-0.15, -0.1) is 0 Å². The number of benzene rings is 2. The van der Waals surface area contributed by atoms with Crippen molar-refractivity contribution in [2.75, 3.05) is 7.05 Å². The number of nitriles is 1. The van der Waals surface area contributed by atoms with Gasteiger partial charge < -0.3 is 0 Å². The van der Waals surface area contributed by atoms with Crippen molar-refractivity contribution < 1.29 is 4.84 Å². The van der Waals surface area contributed by atoms with E-state index in [9.17, 15) is 5.26 Å². The molecule has 0 aliphatic carbocycles. The van der Waals surface area contributed by atoms with E-state index >= 15 is 0 Å². The summed E-state index contributed by atoms with van der Waals surface area (Å²) in [6.45, 7) is 0. The van der Waals surface area contributed by atoms with Gasteiger partial charge in [0.05, 0.1) is 11.6 Å². The summed E-state index contributed by atoms with van der Waals surface area (Å²) in [6, 6.07) is 22.7. The molecule has 1 unspecified atom stereocenters. The van der Waals surface area contributed by atoms with Gasteiger partial charge in [-0.3, -0.25) is 4.84 Å². The summed E-state index contributed by atoms with van der Waals surface area (Å²) in [4.78, 5) is 5.71. The van der Waals surface area contributed by atoms with Gasteiger partial charge in [0.15, 0.2) is 6.10 Å². The van der Waals surface area contributed by atoms with Crippen LogP contribution in [-0.4, -0.2) is 18.2 Å². The third kappa shape index (κ3) is 1.90. The fourth-order valence-electron chi connectivity index (χ4n) is 2.98. The molecule has 0 spiro atoms. The van der Waals surface area contributed by atoms with Crippen molar-refractivity contribution in [1.29, 1.82) is 5.26 Å². The summed E-state index contributed by atoms with van der Waals surface area (Å²) in [6.07, 6.45) is 0.217. The Hall–Kier alpha value is -2.15. The maximum atomic E-state index is 9.21. The van der Waals surface area contributed by atoms with Crippen LogP contribution < -0.4 is 0 Å². The predicted molar refractivity (Wildman–Crippen MR) is 76.5 cm³/mol. The average Bonchev–Trinajstić information content (AvgIpc) is 2.87. The molecule has 1 heterocycles. The molecular weight excluding hydrogens is 248 g/mol. The summed E-state index contributed by atoms with van der Waals surface area (Å²) in [5.74, 6) is 0. The summed E-state index contributed by atoms with van der Waals surface area (Å²) in [5.41, 5.74) is 1.89. The maximum Gasteiger partial charge on any atom is 0.168 e. The molecule has 3 rings (SSSR count). The van der Waals surface area contributed by atoms with Crippen LogP contribution in [0.15, 0.2) is 60.7 Å². The van der Waals surface area contributed by atoms with Crippen LogP contribution in [-0.2, 0) is 10.4 Å². The first-order valence-electron chi connectivity index (χ1n) is 6.68. The third-order valence-corrected chi connectivity index (χ3v) is 3.95. The topological polar surface area (TPSA) is 36.3 Å². The van der Waals surface area contributed by atoms with Crippen molar-refractivity contribution in [2.24, 2.45) is 0 Å². The second-order valence-electron chi connectivity index (χ2n) is 5.02. The Balaban J connectivity index is 2.17. The number of rotatable bonds is 2. The lowest BCUT2D eigenvalue weighted by Crippen LogP contribution is -2.38. The minimum absolute atomic E-state index is 0.400. The quantitative estimate of drug-likeness (QED) is 0.836.